The van der Waals surface area contributed by atoms with Gasteiger partial charge in [0, 0.05) is 6.04 Å². The number of hydrogen-bond acceptors (Lipinski definition) is 1. The van der Waals surface area contributed by atoms with Gasteiger partial charge in [0.25, 0.3) is 0 Å². The zero-order chi connectivity index (χ0) is 16.4. The van der Waals surface area contributed by atoms with Crippen LogP contribution in [0.2, 0.25) is 0 Å². The fourth-order valence-electron chi connectivity index (χ4n) is 2.91. The summed E-state index contributed by atoms with van der Waals surface area (Å²) in [6, 6.07) is 4.64. The molecule has 2 aliphatic carbocycles. The second-order valence-corrected chi connectivity index (χ2v) is 6.20. The third-order valence-corrected chi connectivity index (χ3v) is 4.30. The first-order valence-electron chi connectivity index (χ1n) is 7.82. The summed E-state index contributed by atoms with van der Waals surface area (Å²) < 4.78 is 38.6. The minimum Gasteiger partial charge on any atom is -0.335 e. The molecule has 0 heterocycles. The molecule has 1 fully saturated rings. The van der Waals surface area contributed by atoms with Gasteiger partial charge in [0.1, 0.15) is 0 Å². The fraction of sp³-hybridized carbons (Fsp3) is 0.471. The van der Waals surface area contributed by atoms with Crippen molar-refractivity contribution < 1.29 is 18.0 Å². The first kappa shape index (κ1) is 15.9. The summed E-state index contributed by atoms with van der Waals surface area (Å²) in [4.78, 5) is 12.1. The Hall–Kier alpha value is -1.98. The maximum absolute atomic E-state index is 12.9. The lowest BCUT2D eigenvalue weighted by molar-refractivity contribution is -0.137. The first-order chi connectivity index (χ1) is 10.9. The predicted octanol–water partition coefficient (Wildman–Crippen LogP) is 4.17. The van der Waals surface area contributed by atoms with Crippen LogP contribution in [0, 0.1) is 5.92 Å². The van der Waals surface area contributed by atoms with Crippen LogP contribution in [0.1, 0.15) is 42.9 Å². The zero-order valence-electron chi connectivity index (χ0n) is 12.6. The van der Waals surface area contributed by atoms with Crippen molar-refractivity contribution in [3.63, 3.8) is 0 Å². The molecule has 124 valence electrons. The molecule has 0 spiro atoms. The number of carbonyl (C=O) groups is 1. The molecule has 0 aliphatic heterocycles. The molecule has 0 bridgehead atoms. The Morgan fingerprint density at radius 3 is 2.48 bits per heavy atom. The van der Waals surface area contributed by atoms with Crippen molar-refractivity contribution >= 4 is 6.03 Å². The van der Waals surface area contributed by atoms with Crippen molar-refractivity contribution in [2.75, 3.05) is 0 Å². The topological polar surface area (TPSA) is 41.1 Å². The van der Waals surface area contributed by atoms with Gasteiger partial charge in [-0.1, -0.05) is 24.3 Å². The Morgan fingerprint density at radius 2 is 1.87 bits per heavy atom. The average molecular weight is 324 g/mol. The zero-order valence-corrected chi connectivity index (χ0v) is 12.6. The van der Waals surface area contributed by atoms with E-state index in [1.54, 1.807) is 6.07 Å². The number of amides is 2. The van der Waals surface area contributed by atoms with E-state index in [2.05, 4.69) is 10.6 Å². The highest BCUT2D eigenvalue weighted by atomic mass is 19.4. The Morgan fingerprint density at radius 1 is 1.17 bits per heavy atom. The van der Waals surface area contributed by atoms with Gasteiger partial charge in [-0.05, 0) is 49.3 Å². The van der Waals surface area contributed by atoms with Crippen LogP contribution >= 0.6 is 0 Å². The Kier molecular flexibility index (Phi) is 4.33. The van der Waals surface area contributed by atoms with Crippen LogP contribution in [0.3, 0.4) is 0 Å². The van der Waals surface area contributed by atoms with Crippen molar-refractivity contribution in [2.24, 2.45) is 5.92 Å². The van der Waals surface area contributed by atoms with E-state index in [0.717, 1.165) is 37.8 Å². The molecule has 6 heteroatoms. The molecule has 2 N–H and O–H groups in total. The number of halogens is 3. The Bertz CT molecular complexity index is 600. The molecule has 23 heavy (non-hydrogen) atoms. The summed E-state index contributed by atoms with van der Waals surface area (Å²) >= 11 is 0. The van der Waals surface area contributed by atoms with E-state index < -0.39 is 11.7 Å². The summed E-state index contributed by atoms with van der Waals surface area (Å²) in [5.74, 6) is 0.214. The minimum absolute atomic E-state index is 0.0800. The summed E-state index contributed by atoms with van der Waals surface area (Å²) in [6.45, 7) is 0. The SMILES string of the molecule is O=C(NC1CC=CC1)N[C@@H](c1cccc(C(F)(F)F)c1)C1CC1. The van der Waals surface area contributed by atoms with Gasteiger partial charge in [-0.3, -0.25) is 0 Å². The molecule has 2 aliphatic rings. The van der Waals surface area contributed by atoms with Crippen molar-refractivity contribution in [1.29, 1.82) is 0 Å². The highest BCUT2D eigenvalue weighted by Crippen LogP contribution is 2.42. The quantitative estimate of drug-likeness (QED) is 0.802. The fourth-order valence-corrected chi connectivity index (χ4v) is 2.91. The predicted molar refractivity (Wildman–Crippen MR) is 80.7 cm³/mol. The molecule has 1 saturated carbocycles. The van der Waals surface area contributed by atoms with Gasteiger partial charge < -0.3 is 10.6 Å². The van der Waals surface area contributed by atoms with Gasteiger partial charge in [-0.25, -0.2) is 4.79 Å². The summed E-state index contributed by atoms with van der Waals surface area (Å²) in [6.07, 6.45) is 3.09. The standard InChI is InChI=1S/C17H19F3N2O/c18-17(19,20)13-5-3-4-12(10-13)15(11-8-9-11)22-16(23)21-14-6-1-2-7-14/h1-5,10-11,14-15H,6-9H2,(H2,21,22,23)/t15-/m1/s1. The second-order valence-electron chi connectivity index (χ2n) is 6.20. The number of rotatable bonds is 4. The van der Waals surface area contributed by atoms with E-state index in [9.17, 15) is 18.0 Å². The first-order valence-corrected chi connectivity index (χ1v) is 7.82. The van der Waals surface area contributed by atoms with Crippen molar-refractivity contribution in [3.05, 3.63) is 47.5 Å². The number of hydrogen-bond donors (Lipinski definition) is 2. The lowest BCUT2D eigenvalue weighted by Gasteiger charge is -2.22. The lowest BCUT2D eigenvalue weighted by Crippen LogP contribution is -2.43. The molecule has 1 aromatic rings. The maximum atomic E-state index is 12.9. The van der Waals surface area contributed by atoms with E-state index in [4.69, 9.17) is 0 Å². The third kappa shape index (κ3) is 4.06. The Balaban J connectivity index is 1.70. The summed E-state index contributed by atoms with van der Waals surface area (Å²) in [5, 5.41) is 5.73. The van der Waals surface area contributed by atoms with Gasteiger partial charge in [0.2, 0.25) is 0 Å². The molecule has 0 radical (unpaired) electrons. The summed E-state index contributed by atoms with van der Waals surface area (Å²) in [7, 11) is 0. The van der Waals surface area contributed by atoms with Crippen molar-refractivity contribution in [1.82, 2.24) is 10.6 Å². The highest BCUT2D eigenvalue weighted by molar-refractivity contribution is 5.75. The maximum Gasteiger partial charge on any atom is 0.416 e. The van der Waals surface area contributed by atoms with Crippen molar-refractivity contribution in [3.8, 4) is 0 Å². The monoisotopic (exact) mass is 324 g/mol. The van der Waals surface area contributed by atoms with E-state index in [-0.39, 0.29) is 24.0 Å². The molecule has 0 aromatic heterocycles. The van der Waals surface area contributed by atoms with Crippen LogP contribution in [-0.2, 0) is 6.18 Å². The third-order valence-electron chi connectivity index (χ3n) is 4.30. The molecule has 1 atom stereocenters. The smallest absolute Gasteiger partial charge is 0.335 e. The molecule has 0 saturated heterocycles. The molecular weight excluding hydrogens is 305 g/mol. The highest BCUT2D eigenvalue weighted by Gasteiger charge is 2.36. The number of urea groups is 1. The van der Waals surface area contributed by atoms with Crippen molar-refractivity contribution in [2.45, 2.75) is 43.9 Å². The van der Waals surface area contributed by atoms with Crippen LogP contribution < -0.4 is 10.6 Å². The van der Waals surface area contributed by atoms with Crippen LogP contribution in [0.5, 0.6) is 0 Å². The largest absolute Gasteiger partial charge is 0.416 e. The van der Waals surface area contributed by atoms with Crippen LogP contribution in [0.25, 0.3) is 0 Å². The Labute approximate surface area is 133 Å². The molecule has 2 amide bonds. The van der Waals surface area contributed by atoms with Gasteiger partial charge in [0.15, 0.2) is 0 Å². The normalized spacial score (nSPS) is 19.6. The van der Waals surface area contributed by atoms with Crippen LogP contribution in [0.4, 0.5) is 18.0 Å². The number of carbonyl (C=O) groups excluding carboxylic acids is 1. The van der Waals surface area contributed by atoms with Gasteiger partial charge in [-0.15, -0.1) is 0 Å². The number of benzene rings is 1. The minimum atomic E-state index is -4.37. The van der Waals surface area contributed by atoms with Gasteiger partial charge >= 0.3 is 12.2 Å². The van der Waals surface area contributed by atoms with E-state index in [0.29, 0.717) is 5.56 Å². The summed E-state index contributed by atoms with van der Waals surface area (Å²) in [5.41, 5.74) is -0.162. The van der Waals surface area contributed by atoms with Crippen LogP contribution in [0.15, 0.2) is 36.4 Å². The van der Waals surface area contributed by atoms with E-state index in [1.165, 1.54) is 6.07 Å². The van der Waals surface area contributed by atoms with Gasteiger partial charge in [-0.2, -0.15) is 13.2 Å². The molecular formula is C17H19F3N2O. The molecule has 0 unspecified atom stereocenters. The number of nitrogens with one attached hydrogen (secondary N) is 2. The molecule has 3 nitrogen and oxygen atoms in total. The lowest BCUT2D eigenvalue weighted by atomic mass is 10.00. The molecule has 1 aromatic carbocycles. The van der Waals surface area contributed by atoms with E-state index in [1.807, 2.05) is 12.2 Å². The number of alkyl halides is 3. The average Bonchev–Trinajstić information content (AvgIpc) is 3.22. The van der Waals surface area contributed by atoms with Crippen LogP contribution in [-0.4, -0.2) is 12.1 Å². The second kappa shape index (κ2) is 6.26. The van der Waals surface area contributed by atoms with Gasteiger partial charge in [0.05, 0.1) is 11.6 Å². The molecule has 3 rings (SSSR count). The van der Waals surface area contributed by atoms with E-state index >= 15 is 0 Å².